The van der Waals surface area contributed by atoms with Gasteiger partial charge in [0.05, 0.1) is 5.70 Å². The van der Waals surface area contributed by atoms with Gasteiger partial charge < -0.3 is 4.74 Å². The zero-order chi connectivity index (χ0) is 25.0. The van der Waals surface area contributed by atoms with Crippen LogP contribution in [0, 0.1) is 5.41 Å². The van der Waals surface area contributed by atoms with Gasteiger partial charge in [-0.1, -0.05) is 44.3 Å². The monoisotopic (exact) mass is 529 g/mol. The number of carbonyl (C=O) groups is 2. The number of ketones is 1. The van der Waals surface area contributed by atoms with Gasteiger partial charge in [-0.3, -0.25) is 14.5 Å². The molecule has 1 unspecified atom stereocenters. The molecule has 3 atom stereocenters. The van der Waals surface area contributed by atoms with E-state index in [9.17, 15) is 18.0 Å². The molecule has 2 aromatic rings. The maximum Gasteiger partial charge on any atom is 0.260 e. The van der Waals surface area contributed by atoms with Gasteiger partial charge in [0.25, 0.3) is 5.91 Å². The second-order valence-corrected chi connectivity index (χ2v) is 13.2. The van der Waals surface area contributed by atoms with Crippen LogP contribution < -0.4 is 0 Å². The van der Waals surface area contributed by atoms with Crippen LogP contribution >= 0.6 is 23.5 Å². The number of sulfone groups is 1. The number of carbonyl (C=O) groups excluding carboxylic acids is 2. The van der Waals surface area contributed by atoms with E-state index in [-0.39, 0.29) is 28.0 Å². The summed E-state index contributed by atoms with van der Waals surface area (Å²) in [7, 11) is 0.435. The Morgan fingerprint density at radius 1 is 1.09 bits per heavy atom. The van der Waals surface area contributed by atoms with E-state index in [0.717, 1.165) is 28.4 Å². The van der Waals surface area contributed by atoms with Gasteiger partial charge in [-0.25, -0.2) is 17.8 Å². The molecule has 1 saturated heterocycles. The molecule has 0 aromatic carbocycles. The SMILES string of the molecule is CO[C@H]1C(=O)N2C(C(=O)C(C)(C)C)=C(CSc3nnnn3C)C(Sc3nnnn3C)S(=O)(=O)[C@@H]12. The molecule has 0 aliphatic carbocycles. The number of rotatable bonds is 7. The number of β-lactam (4-membered cyclic amide) rings is 1. The Bertz CT molecular complexity index is 1280. The highest BCUT2D eigenvalue weighted by molar-refractivity contribution is 8.14. The lowest BCUT2D eigenvalue weighted by Gasteiger charge is -2.51. The number of ether oxygens (including phenoxy) is 1. The number of tetrazole rings is 2. The zero-order valence-corrected chi connectivity index (χ0v) is 21.7. The van der Waals surface area contributed by atoms with E-state index in [1.54, 1.807) is 34.9 Å². The molecule has 0 spiro atoms. The van der Waals surface area contributed by atoms with E-state index in [4.69, 9.17) is 4.74 Å². The smallest absolute Gasteiger partial charge is 0.260 e. The van der Waals surface area contributed by atoms with E-state index in [1.165, 1.54) is 16.5 Å². The average molecular weight is 530 g/mol. The number of aryl methyl sites for hydroxylation is 2. The fourth-order valence-electron chi connectivity index (χ4n) is 3.59. The molecule has 0 saturated carbocycles. The van der Waals surface area contributed by atoms with Crippen molar-refractivity contribution < 1.29 is 22.7 Å². The van der Waals surface area contributed by atoms with Crippen molar-refractivity contribution in [2.75, 3.05) is 12.9 Å². The van der Waals surface area contributed by atoms with Crippen LogP contribution in [-0.2, 0) is 38.3 Å². The molecular formula is C17H23N9O5S3. The Morgan fingerprint density at radius 2 is 1.68 bits per heavy atom. The molecule has 4 rings (SSSR count). The molecule has 4 heterocycles. The molecule has 184 valence electrons. The summed E-state index contributed by atoms with van der Waals surface area (Å²) in [6.45, 7) is 5.14. The van der Waals surface area contributed by atoms with Crippen molar-refractivity contribution in [2.45, 2.75) is 47.1 Å². The van der Waals surface area contributed by atoms with E-state index in [0.29, 0.717) is 5.16 Å². The first-order valence-electron chi connectivity index (χ1n) is 10.00. The summed E-state index contributed by atoms with van der Waals surface area (Å²) in [5.41, 5.74) is -0.579. The van der Waals surface area contributed by atoms with E-state index >= 15 is 0 Å². The first kappa shape index (κ1) is 24.7. The van der Waals surface area contributed by atoms with Crippen LogP contribution in [0.4, 0.5) is 0 Å². The maximum absolute atomic E-state index is 13.8. The normalized spacial score (nSPS) is 24.2. The lowest BCUT2D eigenvalue weighted by atomic mass is 9.86. The summed E-state index contributed by atoms with van der Waals surface area (Å²) in [6, 6.07) is 0. The molecule has 14 nitrogen and oxygen atoms in total. The van der Waals surface area contributed by atoms with Gasteiger partial charge in [0.1, 0.15) is 4.58 Å². The standard InChI is InChI=1S/C17H23N9O5S3/c1-17(2,3)11(27)9-8(7-32-15-18-20-22-24(15)4)14(33-16-19-21-23-25(16)5)34(29,30)13-10(31-6)12(28)26(9)13/h10,13-14H,7H2,1-6H3/t10-,13-,14?/m0/s1. The highest BCUT2D eigenvalue weighted by Gasteiger charge is 2.64. The van der Waals surface area contributed by atoms with Crippen LogP contribution in [-0.4, -0.2) is 94.3 Å². The van der Waals surface area contributed by atoms with Crippen LogP contribution in [0.5, 0.6) is 0 Å². The molecule has 34 heavy (non-hydrogen) atoms. The summed E-state index contributed by atoms with van der Waals surface area (Å²) in [5, 5.41) is 21.9. The quantitative estimate of drug-likeness (QED) is 0.330. The summed E-state index contributed by atoms with van der Waals surface area (Å²) in [6.07, 6.45) is -1.20. The van der Waals surface area contributed by atoms with Gasteiger partial charge in [-0.15, -0.1) is 10.2 Å². The highest BCUT2D eigenvalue weighted by atomic mass is 32.3. The summed E-state index contributed by atoms with van der Waals surface area (Å²) >= 11 is 2.06. The van der Waals surface area contributed by atoms with Crippen molar-refractivity contribution in [3.63, 3.8) is 0 Å². The van der Waals surface area contributed by atoms with Crippen molar-refractivity contribution in [1.29, 1.82) is 0 Å². The van der Waals surface area contributed by atoms with Gasteiger partial charge in [0.2, 0.25) is 10.3 Å². The molecule has 0 radical (unpaired) electrons. The second-order valence-electron chi connectivity index (χ2n) is 8.71. The number of allylic oxidation sites excluding steroid dienone is 1. The predicted molar refractivity (Wildman–Crippen MR) is 120 cm³/mol. The first-order chi connectivity index (χ1) is 15.9. The predicted octanol–water partition coefficient (Wildman–Crippen LogP) is -0.575. The fourth-order valence-corrected chi connectivity index (χ4v) is 8.56. The molecule has 2 aromatic heterocycles. The number of nitrogens with zero attached hydrogens (tertiary/aromatic N) is 9. The number of fused-ring (bicyclic) bond motifs is 1. The Morgan fingerprint density at radius 3 is 2.18 bits per heavy atom. The van der Waals surface area contributed by atoms with Crippen LogP contribution in [0.15, 0.2) is 21.6 Å². The van der Waals surface area contributed by atoms with Crippen molar-refractivity contribution in [1.82, 2.24) is 45.3 Å². The number of thioether (sulfide) groups is 2. The number of aromatic nitrogens is 8. The van der Waals surface area contributed by atoms with Gasteiger partial charge in [0, 0.05) is 32.4 Å². The van der Waals surface area contributed by atoms with Crippen LogP contribution in [0.2, 0.25) is 0 Å². The fraction of sp³-hybridized carbons (Fsp3) is 0.647. The largest absolute Gasteiger partial charge is 0.368 e. The lowest BCUT2D eigenvalue weighted by Crippen LogP contribution is -2.72. The Kier molecular flexibility index (Phi) is 6.32. The molecule has 1 fully saturated rings. The summed E-state index contributed by atoms with van der Waals surface area (Å²) < 4.78 is 34.4. The van der Waals surface area contributed by atoms with Gasteiger partial charge in [-0.05, 0) is 26.4 Å². The molecule has 1 amide bonds. The minimum absolute atomic E-state index is 0.0433. The Balaban J connectivity index is 1.90. The first-order valence-corrected chi connectivity index (χ1v) is 13.5. The van der Waals surface area contributed by atoms with Crippen molar-refractivity contribution in [2.24, 2.45) is 19.5 Å². The number of Topliss-reactive ketones (excluding diaryl/α,β-unsaturated/α-hetero) is 1. The van der Waals surface area contributed by atoms with E-state index < -0.39 is 37.2 Å². The minimum atomic E-state index is -4.06. The molecular weight excluding hydrogens is 506 g/mol. The van der Waals surface area contributed by atoms with E-state index in [2.05, 4.69) is 31.1 Å². The average Bonchev–Trinajstić information content (AvgIpc) is 3.35. The summed E-state index contributed by atoms with van der Waals surface area (Å²) in [4.78, 5) is 27.6. The number of methoxy groups -OCH3 is 1. The Labute approximate surface area is 203 Å². The lowest BCUT2D eigenvalue weighted by molar-refractivity contribution is -0.161. The van der Waals surface area contributed by atoms with Gasteiger partial charge in [-0.2, -0.15) is 0 Å². The Hall–Kier alpha value is -2.37. The number of hydrogen-bond acceptors (Lipinski definition) is 13. The zero-order valence-electron chi connectivity index (χ0n) is 19.2. The molecule has 2 aliphatic heterocycles. The van der Waals surface area contributed by atoms with Gasteiger partial charge >= 0.3 is 0 Å². The molecule has 17 heteroatoms. The summed E-state index contributed by atoms with van der Waals surface area (Å²) in [5.74, 6) is -0.888. The topological polar surface area (TPSA) is 168 Å². The molecule has 0 N–H and O–H groups in total. The third-order valence-electron chi connectivity index (χ3n) is 5.34. The van der Waals surface area contributed by atoms with Crippen LogP contribution in [0.25, 0.3) is 0 Å². The third-order valence-corrected chi connectivity index (χ3v) is 10.6. The number of hydrogen-bond donors (Lipinski definition) is 0. The van der Waals surface area contributed by atoms with E-state index in [1.807, 2.05) is 0 Å². The molecule has 2 aliphatic rings. The highest BCUT2D eigenvalue weighted by Crippen LogP contribution is 2.48. The number of amides is 1. The van der Waals surface area contributed by atoms with Crippen molar-refractivity contribution in [3.05, 3.63) is 11.3 Å². The second kappa shape index (κ2) is 8.69. The van der Waals surface area contributed by atoms with Gasteiger partial charge in [0.15, 0.2) is 27.1 Å². The van der Waals surface area contributed by atoms with Crippen molar-refractivity contribution in [3.8, 4) is 0 Å². The molecule has 0 bridgehead atoms. The third kappa shape index (κ3) is 3.93. The van der Waals surface area contributed by atoms with Crippen molar-refractivity contribution >= 4 is 45.1 Å². The van der Waals surface area contributed by atoms with Crippen LogP contribution in [0.3, 0.4) is 0 Å². The van der Waals surface area contributed by atoms with Crippen LogP contribution in [0.1, 0.15) is 20.8 Å². The maximum atomic E-state index is 13.8. The minimum Gasteiger partial charge on any atom is -0.368 e.